The average Bonchev–Trinajstić information content (AvgIpc) is 2.48. The highest BCUT2D eigenvalue weighted by Crippen LogP contribution is 2.14. The third-order valence-corrected chi connectivity index (χ3v) is 3.97. The van der Waals surface area contributed by atoms with Crippen molar-refractivity contribution >= 4 is 11.9 Å². The SMILES string of the molecule is CC(C)N1CCC(NC(=O)c2cccc(C(=O)O)c2)CC1. The van der Waals surface area contributed by atoms with E-state index in [9.17, 15) is 9.59 Å². The van der Waals surface area contributed by atoms with Gasteiger partial charge in [-0.15, -0.1) is 0 Å². The second kappa shape index (κ2) is 6.72. The normalized spacial score (nSPS) is 16.9. The lowest BCUT2D eigenvalue weighted by atomic mass is 10.0. The van der Waals surface area contributed by atoms with Crippen molar-refractivity contribution in [3.05, 3.63) is 35.4 Å². The number of amides is 1. The van der Waals surface area contributed by atoms with Crippen LogP contribution in [0, 0.1) is 0 Å². The van der Waals surface area contributed by atoms with Crippen molar-refractivity contribution in [3.8, 4) is 0 Å². The van der Waals surface area contributed by atoms with Crippen molar-refractivity contribution in [2.75, 3.05) is 13.1 Å². The number of hydrogen-bond donors (Lipinski definition) is 2. The quantitative estimate of drug-likeness (QED) is 0.889. The molecule has 1 fully saturated rings. The highest BCUT2D eigenvalue weighted by Gasteiger charge is 2.22. The van der Waals surface area contributed by atoms with E-state index >= 15 is 0 Å². The van der Waals surface area contributed by atoms with Crippen LogP contribution < -0.4 is 5.32 Å². The molecule has 1 aliphatic heterocycles. The fourth-order valence-corrected chi connectivity index (χ4v) is 2.62. The third kappa shape index (κ3) is 4.04. The van der Waals surface area contributed by atoms with Gasteiger partial charge < -0.3 is 15.3 Å². The summed E-state index contributed by atoms with van der Waals surface area (Å²) in [4.78, 5) is 25.5. The molecular weight excluding hydrogens is 268 g/mol. The Labute approximate surface area is 125 Å². The van der Waals surface area contributed by atoms with Crippen molar-refractivity contribution in [3.63, 3.8) is 0 Å². The number of hydrogen-bond acceptors (Lipinski definition) is 3. The molecule has 1 amide bonds. The minimum atomic E-state index is -1.02. The number of carbonyl (C=O) groups excluding carboxylic acids is 1. The Balaban J connectivity index is 1.93. The van der Waals surface area contributed by atoms with Crippen LogP contribution in [-0.4, -0.2) is 47.1 Å². The molecule has 5 nitrogen and oxygen atoms in total. The zero-order valence-electron chi connectivity index (χ0n) is 12.5. The Hall–Kier alpha value is -1.88. The van der Waals surface area contributed by atoms with E-state index < -0.39 is 5.97 Å². The number of carbonyl (C=O) groups is 2. The minimum absolute atomic E-state index is 0.136. The smallest absolute Gasteiger partial charge is 0.335 e. The summed E-state index contributed by atoms with van der Waals surface area (Å²) in [7, 11) is 0. The standard InChI is InChI=1S/C16H22N2O3/c1-11(2)18-8-6-14(7-9-18)17-15(19)12-4-3-5-13(10-12)16(20)21/h3-5,10-11,14H,6-9H2,1-2H3,(H,17,19)(H,20,21). The van der Waals surface area contributed by atoms with Gasteiger partial charge in [0.25, 0.3) is 5.91 Å². The second-order valence-electron chi connectivity index (χ2n) is 5.76. The Morgan fingerprint density at radius 2 is 1.86 bits per heavy atom. The Morgan fingerprint density at radius 3 is 2.43 bits per heavy atom. The molecule has 2 N–H and O–H groups in total. The topological polar surface area (TPSA) is 69.6 Å². The Kier molecular flexibility index (Phi) is 4.96. The van der Waals surface area contributed by atoms with Crippen LogP contribution in [-0.2, 0) is 0 Å². The first-order valence-corrected chi connectivity index (χ1v) is 7.35. The average molecular weight is 290 g/mol. The summed E-state index contributed by atoms with van der Waals surface area (Å²) >= 11 is 0. The first-order valence-electron chi connectivity index (χ1n) is 7.35. The molecule has 0 unspecified atom stereocenters. The summed E-state index contributed by atoms with van der Waals surface area (Å²) in [6, 6.07) is 6.85. The molecule has 0 radical (unpaired) electrons. The molecule has 1 aromatic rings. The predicted octanol–water partition coefficient (Wildman–Crippen LogP) is 1.99. The lowest BCUT2D eigenvalue weighted by molar-refractivity contribution is 0.0697. The molecule has 0 bridgehead atoms. The molecule has 1 aliphatic rings. The molecule has 0 atom stereocenters. The third-order valence-electron chi connectivity index (χ3n) is 3.97. The highest BCUT2D eigenvalue weighted by atomic mass is 16.4. The van der Waals surface area contributed by atoms with Gasteiger partial charge in [-0.25, -0.2) is 4.79 Å². The largest absolute Gasteiger partial charge is 0.478 e. The van der Waals surface area contributed by atoms with Crippen LogP contribution in [0.1, 0.15) is 47.4 Å². The van der Waals surface area contributed by atoms with E-state index in [0.29, 0.717) is 11.6 Å². The summed E-state index contributed by atoms with van der Waals surface area (Å²) in [6.45, 7) is 6.32. The number of piperidine rings is 1. The van der Waals surface area contributed by atoms with Crippen LogP contribution >= 0.6 is 0 Å². The molecular formula is C16H22N2O3. The number of rotatable bonds is 4. The lowest BCUT2D eigenvalue weighted by Gasteiger charge is -2.34. The van der Waals surface area contributed by atoms with Crippen LogP contribution in [0.5, 0.6) is 0 Å². The van der Waals surface area contributed by atoms with Gasteiger partial charge in [-0.2, -0.15) is 0 Å². The molecule has 21 heavy (non-hydrogen) atoms. The van der Waals surface area contributed by atoms with Gasteiger partial charge in [-0.05, 0) is 44.9 Å². The highest BCUT2D eigenvalue weighted by molar-refractivity contribution is 5.97. The van der Waals surface area contributed by atoms with Crippen molar-refractivity contribution in [2.24, 2.45) is 0 Å². The van der Waals surface area contributed by atoms with Crippen molar-refractivity contribution in [2.45, 2.75) is 38.8 Å². The van der Waals surface area contributed by atoms with Crippen LogP contribution in [0.3, 0.4) is 0 Å². The van der Waals surface area contributed by atoms with Gasteiger partial charge >= 0.3 is 5.97 Å². The van der Waals surface area contributed by atoms with Crippen molar-refractivity contribution < 1.29 is 14.7 Å². The maximum atomic E-state index is 12.2. The first kappa shape index (κ1) is 15.5. The zero-order chi connectivity index (χ0) is 15.4. The van der Waals surface area contributed by atoms with Crippen molar-refractivity contribution in [1.29, 1.82) is 0 Å². The van der Waals surface area contributed by atoms with Crippen molar-refractivity contribution in [1.82, 2.24) is 10.2 Å². The predicted molar refractivity (Wildman–Crippen MR) is 80.6 cm³/mol. The maximum Gasteiger partial charge on any atom is 0.335 e. The minimum Gasteiger partial charge on any atom is -0.478 e. The summed E-state index contributed by atoms with van der Waals surface area (Å²) in [5.41, 5.74) is 0.540. The van der Waals surface area contributed by atoms with Crippen LogP contribution in [0.15, 0.2) is 24.3 Å². The molecule has 1 aromatic carbocycles. The first-order chi connectivity index (χ1) is 9.97. The number of nitrogens with one attached hydrogen (secondary N) is 1. The molecule has 0 saturated carbocycles. The van der Waals surface area contributed by atoms with Gasteiger partial charge in [0.1, 0.15) is 0 Å². The molecule has 1 saturated heterocycles. The van der Waals surface area contributed by atoms with E-state index in [1.54, 1.807) is 12.1 Å². The van der Waals surface area contributed by atoms with E-state index in [-0.39, 0.29) is 17.5 Å². The molecule has 114 valence electrons. The molecule has 5 heteroatoms. The number of aromatic carboxylic acids is 1. The van der Waals surface area contributed by atoms with Gasteiger partial charge in [-0.3, -0.25) is 4.79 Å². The van der Waals surface area contributed by atoms with Crippen LogP contribution in [0.2, 0.25) is 0 Å². The number of likely N-dealkylation sites (tertiary alicyclic amines) is 1. The maximum absolute atomic E-state index is 12.2. The van der Waals surface area contributed by atoms with E-state index in [2.05, 4.69) is 24.1 Å². The van der Waals surface area contributed by atoms with Gasteiger partial charge in [0, 0.05) is 30.7 Å². The summed E-state index contributed by atoms with van der Waals surface area (Å²) in [5.74, 6) is -1.21. The number of benzene rings is 1. The number of nitrogens with zero attached hydrogens (tertiary/aromatic N) is 1. The fraction of sp³-hybridized carbons (Fsp3) is 0.500. The summed E-state index contributed by atoms with van der Waals surface area (Å²) in [5, 5.41) is 12.0. The van der Waals surface area contributed by atoms with Crippen LogP contribution in [0.4, 0.5) is 0 Å². The van der Waals surface area contributed by atoms with E-state index in [1.807, 2.05) is 0 Å². The van der Waals surface area contributed by atoms with Gasteiger partial charge in [0.2, 0.25) is 0 Å². The lowest BCUT2D eigenvalue weighted by Crippen LogP contribution is -2.46. The molecule has 1 heterocycles. The second-order valence-corrected chi connectivity index (χ2v) is 5.76. The Morgan fingerprint density at radius 1 is 1.24 bits per heavy atom. The van der Waals surface area contributed by atoms with Gasteiger partial charge in [0.05, 0.1) is 5.56 Å². The molecule has 0 spiro atoms. The molecule has 2 rings (SSSR count). The van der Waals surface area contributed by atoms with E-state index in [4.69, 9.17) is 5.11 Å². The molecule has 0 aliphatic carbocycles. The molecule has 0 aromatic heterocycles. The number of carboxylic acid groups (broad SMARTS) is 1. The summed E-state index contributed by atoms with van der Waals surface area (Å²) in [6.07, 6.45) is 1.87. The zero-order valence-corrected chi connectivity index (χ0v) is 12.5. The van der Waals surface area contributed by atoms with Crippen LogP contribution in [0.25, 0.3) is 0 Å². The van der Waals surface area contributed by atoms with Gasteiger partial charge in [-0.1, -0.05) is 6.07 Å². The van der Waals surface area contributed by atoms with Gasteiger partial charge in [0.15, 0.2) is 0 Å². The summed E-state index contributed by atoms with van der Waals surface area (Å²) < 4.78 is 0. The Bertz CT molecular complexity index is 520. The van der Waals surface area contributed by atoms with E-state index in [0.717, 1.165) is 25.9 Å². The monoisotopic (exact) mass is 290 g/mol. The number of carboxylic acids is 1. The fourth-order valence-electron chi connectivity index (χ4n) is 2.62. The van der Waals surface area contributed by atoms with E-state index in [1.165, 1.54) is 12.1 Å².